The minimum atomic E-state index is 0.565. The summed E-state index contributed by atoms with van der Waals surface area (Å²) in [5, 5.41) is 3.31. The Hall–Kier alpha value is -0.980. The topological polar surface area (TPSA) is 12.0 Å². The van der Waals surface area contributed by atoms with Crippen LogP contribution in [0.4, 0.5) is 5.69 Å². The van der Waals surface area contributed by atoms with Crippen molar-refractivity contribution in [2.75, 3.05) is 5.32 Å². The van der Waals surface area contributed by atoms with E-state index in [0.29, 0.717) is 6.04 Å². The van der Waals surface area contributed by atoms with Crippen LogP contribution in [0.2, 0.25) is 0 Å². The molecule has 0 spiro atoms. The average molecular weight is 133 g/mol. The molecule has 1 aromatic rings. The van der Waals surface area contributed by atoms with Gasteiger partial charge in [-0.25, -0.2) is 0 Å². The lowest BCUT2D eigenvalue weighted by atomic mass is 9.96. The molecule has 1 aromatic carbocycles. The van der Waals surface area contributed by atoms with E-state index in [4.69, 9.17) is 0 Å². The molecule has 0 amide bonds. The first-order valence-electron chi connectivity index (χ1n) is 3.64. The third-order valence-corrected chi connectivity index (χ3v) is 2.05. The number of fused-ring (bicyclic) bond motifs is 1. The van der Waals surface area contributed by atoms with E-state index in [0.717, 1.165) is 0 Å². The van der Waals surface area contributed by atoms with Crippen molar-refractivity contribution < 1.29 is 0 Å². The zero-order valence-electron chi connectivity index (χ0n) is 6.31. The van der Waals surface area contributed by atoms with Gasteiger partial charge < -0.3 is 5.32 Å². The van der Waals surface area contributed by atoms with Crippen LogP contribution < -0.4 is 5.32 Å². The minimum absolute atomic E-state index is 0.565. The Bertz CT molecular complexity index is 265. The number of benzene rings is 1. The Balaban J connectivity index is 2.51. The number of nitrogens with one attached hydrogen (secondary N) is 1. The van der Waals surface area contributed by atoms with Gasteiger partial charge in [-0.3, -0.25) is 0 Å². The Kier molecular flexibility index (Phi) is 1.01. The van der Waals surface area contributed by atoms with Crippen LogP contribution in [0, 0.1) is 6.92 Å². The lowest BCUT2D eigenvalue weighted by Crippen LogP contribution is -2.19. The monoisotopic (exact) mass is 133 g/mol. The minimum Gasteiger partial charge on any atom is -0.378 e. The molecule has 1 nitrogen and oxygen atoms in total. The van der Waals surface area contributed by atoms with Gasteiger partial charge in [-0.05, 0) is 25.5 Å². The molecule has 2 rings (SSSR count). The van der Waals surface area contributed by atoms with Gasteiger partial charge in [0.15, 0.2) is 0 Å². The molecule has 0 saturated carbocycles. The summed E-state index contributed by atoms with van der Waals surface area (Å²) in [6.45, 7) is 4.31. The Morgan fingerprint density at radius 3 is 2.80 bits per heavy atom. The fourth-order valence-corrected chi connectivity index (χ4v) is 1.41. The van der Waals surface area contributed by atoms with E-state index in [-0.39, 0.29) is 0 Å². The van der Waals surface area contributed by atoms with Crippen molar-refractivity contribution in [1.29, 1.82) is 0 Å². The average Bonchev–Trinajstić information content (AvgIpc) is 1.92. The highest BCUT2D eigenvalue weighted by molar-refractivity contribution is 5.63. The second kappa shape index (κ2) is 1.75. The molecule has 0 radical (unpaired) electrons. The van der Waals surface area contributed by atoms with Crippen LogP contribution in [-0.2, 0) is 0 Å². The SMILES string of the molecule is Cc1ccc2c(c1)C(C)N2. The zero-order chi connectivity index (χ0) is 7.14. The number of anilines is 1. The maximum Gasteiger partial charge on any atom is 0.0506 e. The molecule has 1 unspecified atom stereocenters. The summed E-state index contributed by atoms with van der Waals surface area (Å²) in [4.78, 5) is 0. The summed E-state index contributed by atoms with van der Waals surface area (Å²) in [6.07, 6.45) is 0. The Morgan fingerprint density at radius 2 is 2.20 bits per heavy atom. The highest BCUT2D eigenvalue weighted by atomic mass is 15.0. The van der Waals surface area contributed by atoms with Crippen LogP contribution in [0.15, 0.2) is 18.2 Å². The predicted molar refractivity (Wildman–Crippen MR) is 43.2 cm³/mol. The second-order valence-corrected chi connectivity index (χ2v) is 2.96. The highest BCUT2D eigenvalue weighted by Gasteiger charge is 2.19. The van der Waals surface area contributed by atoms with Crippen LogP contribution in [0.5, 0.6) is 0 Å². The molecule has 1 aliphatic heterocycles. The van der Waals surface area contributed by atoms with Gasteiger partial charge in [0.2, 0.25) is 0 Å². The number of hydrogen-bond acceptors (Lipinski definition) is 1. The summed E-state index contributed by atoms with van der Waals surface area (Å²) < 4.78 is 0. The summed E-state index contributed by atoms with van der Waals surface area (Å²) >= 11 is 0. The smallest absolute Gasteiger partial charge is 0.0506 e. The van der Waals surface area contributed by atoms with Gasteiger partial charge in [-0.15, -0.1) is 0 Å². The highest BCUT2D eigenvalue weighted by Crippen LogP contribution is 2.35. The fourth-order valence-electron chi connectivity index (χ4n) is 1.41. The third kappa shape index (κ3) is 0.635. The molecule has 0 fully saturated rings. The van der Waals surface area contributed by atoms with Crippen LogP contribution >= 0.6 is 0 Å². The van der Waals surface area contributed by atoms with Gasteiger partial charge in [0.25, 0.3) is 0 Å². The standard InChI is InChI=1S/C9H11N/c1-6-3-4-9-8(5-6)7(2)10-9/h3-5,7,10H,1-2H3. The van der Waals surface area contributed by atoms with E-state index in [1.807, 2.05) is 0 Å². The van der Waals surface area contributed by atoms with Crippen molar-refractivity contribution in [2.45, 2.75) is 19.9 Å². The maximum absolute atomic E-state index is 3.31. The molecule has 0 aromatic heterocycles. The zero-order valence-corrected chi connectivity index (χ0v) is 6.31. The molecule has 0 bridgehead atoms. The van der Waals surface area contributed by atoms with Crippen molar-refractivity contribution in [2.24, 2.45) is 0 Å². The van der Waals surface area contributed by atoms with Crippen molar-refractivity contribution in [3.63, 3.8) is 0 Å². The molecule has 1 aliphatic rings. The summed E-state index contributed by atoms with van der Waals surface area (Å²) in [5.41, 5.74) is 4.12. The van der Waals surface area contributed by atoms with Crippen molar-refractivity contribution in [1.82, 2.24) is 0 Å². The Morgan fingerprint density at radius 1 is 1.40 bits per heavy atom. The van der Waals surface area contributed by atoms with Crippen molar-refractivity contribution in [3.8, 4) is 0 Å². The molecule has 52 valence electrons. The molecule has 1 heteroatoms. The molecule has 0 aliphatic carbocycles. The van der Waals surface area contributed by atoms with Gasteiger partial charge in [0.1, 0.15) is 0 Å². The van der Waals surface area contributed by atoms with Gasteiger partial charge in [-0.1, -0.05) is 17.7 Å². The first kappa shape index (κ1) is 5.78. The summed E-state index contributed by atoms with van der Waals surface area (Å²) in [7, 11) is 0. The molecular weight excluding hydrogens is 122 g/mol. The van der Waals surface area contributed by atoms with Crippen LogP contribution in [0.3, 0.4) is 0 Å². The van der Waals surface area contributed by atoms with E-state index in [1.165, 1.54) is 16.8 Å². The van der Waals surface area contributed by atoms with Gasteiger partial charge >= 0.3 is 0 Å². The first-order chi connectivity index (χ1) is 4.77. The molecule has 1 N–H and O–H groups in total. The summed E-state index contributed by atoms with van der Waals surface area (Å²) in [5.74, 6) is 0. The van der Waals surface area contributed by atoms with E-state index in [9.17, 15) is 0 Å². The molecule has 0 saturated heterocycles. The first-order valence-corrected chi connectivity index (χ1v) is 3.64. The third-order valence-electron chi connectivity index (χ3n) is 2.05. The van der Waals surface area contributed by atoms with Crippen molar-refractivity contribution >= 4 is 5.69 Å². The number of aryl methyl sites for hydroxylation is 1. The maximum atomic E-state index is 3.31. The Labute approximate surface area is 61.1 Å². The van der Waals surface area contributed by atoms with E-state index < -0.39 is 0 Å². The fraction of sp³-hybridized carbons (Fsp3) is 0.333. The van der Waals surface area contributed by atoms with E-state index >= 15 is 0 Å². The van der Waals surface area contributed by atoms with Crippen LogP contribution in [-0.4, -0.2) is 0 Å². The summed E-state index contributed by atoms with van der Waals surface area (Å²) in [6, 6.07) is 7.09. The lowest BCUT2D eigenvalue weighted by Gasteiger charge is -2.29. The van der Waals surface area contributed by atoms with Crippen molar-refractivity contribution in [3.05, 3.63) is 29.3 Å². The quantitative estimate of drug-likeness (QED) is 0.573. The van der Waals surface area contributed by atoms with Crippen LogP contribution in [0.25, 0.3) is 0 Å². The normalized spacial score (nSPS) is 20.8. The predicted octanol–water partition coefficient (Wildman–Crippen LogP) is 2.48. The van der Waals surface area contributed by atoms with Crippen LogP contribution in [0.1, 0.15) is 24.1 Å². The van der Waals surface area contributed by atoms with Gasteiger partial charge in [-0.2, -0.15) is 0 Å². The van der Waals surface area contributed by atoms with E-state index in [1.54, 1.807) is 0 Å². The number of hydrogen-bond donors (Lipinski definition) is 1. The molecular formula is C9H11N. The van der Waals surface area contributed by atoms with Gasteiger partial charge in [0, 0.05) is 5.69 Å². The largest absolute Gasteiger partial charge is 0.378 e. The second-order valence-electron chi connectivity index (χ2n) is 2.96. The van der Waals surface area contributed by atoms with Gasteiger partial charge in [0.05, 0.1) is 6.04 Å². The molecule has 1 heterocycles. The molecule has 10 heavy (non-hydrogen) atoms. The lowest BCUT2D eigenvalue weighted by molar-refractivity contribution is 0.817. The molecule has 1 atom stereocenters. The number of rotatable bonds is 0. The van der Waals surface area contributed by atoms with E-state index in [2.05, 4.69) is 37.4 Å².